The molecule has 0 saturated carbocycles. The lowest BCUT2D eigenvalue weighted by Gasteiger charge is -2.34. The Morgan fingerprint density at radius 3 is 2.24 bits per heavy atom. The van der Waals surface area contributed by atoms with Gasteiger partial charge >= 0.3 is 0 Å². The minimum atomic E-state index is 0.184. The van der Waals surface area contributed by atoms with Crippen LogP contribution in [0.4, 0.5) is 0 Å². The van der Waals surface area contributed by atoms with E-state index in [2.05, 4.69) is 63.3 Å². The molecular formula is C15H25NO. The molecule has 0 spiro atoms. The fraction of sp³-hybridized carbons (Fsp3) is 0.600. The van der Waals surface area contributed by atoms with Crippen LogP contribution >= 0.6 is 0 Å². The summed E-state index contributed by atoms with van der Waals surface area (Å²) < 4.78 is 5.19. The van der Waals surface area contributed by atoms with E-state index in [0.717, 1.165) is 6.61 Å². The Morgan fingerprint density at radius 2 is 1.76 bits per heavy atom. The van der Waals surface area contributed by atoms with Gasteiger partial charge in [0.1, 0.15) is 0 Å². The molecule has 1 aromatic carbocycles. The maximum atomic E-state index is 5.19. The van der Waals surface area contributed by atoms with E-state index >= 15 is 0 Å². The Labute approximate surface area is 105 Å². The van der Waals surface area contributed by atoms with Crippen molar-refractivity contribution < 1.29 is 4.74 Å². The molecule has 0 heterocycles. The highest BCUT2D eigenvalue weighted by molar-refractivity contribution is 5.20. The Morgan fingerprint density at radius 1 is 1.18 bits per heavy atom. The molecule has 0 fully saturated rings. The van der Waals surface area contributed by atoms with Crippen LogP contribution < -0.4 is 5.32 Å². The molecule has 17 heavy (non-hydrogen) atoms. The normalized spacial score (nSPS) is 15.6. The first-order valence-electron chi connectivity index (χ1n) is 6.25. The van der Waals surface area contributed by atoms with Gasteiger partial charge in [0.25, 0.3) is 0 Å². The number of hydrogen-bond donors (Lipinski definition) is 1. The third-order valence-electron chi connectivity index (χ3n) is 2.87. The SMILES string of the molecule is COCC(C)NC(c1ccccc1)C(C)(C)C. The standard InChI is InChI=1S/C15H25NO/c1-12(11-17-5)16-14(15(2,3)4)13-9-7-6-8-10-13/h6-10,12,14,16H,11H2,1-5H3. The molecule has 0 bridgehead atoms. The molecule has 2 heteroatoms. The smallest absolute Gasteiger partial charge is 0.0613 e. The quantitative estimate of drug-likeness (QED) is 0.844. The van der Waals surface area contributed by atoms with E-state index in [4.69, 9.17) is 4.74 Å². The molecule has 1 rings (SSSR count). The first kappa shape index (κ1) is 14.2. The van der Waals surface area contributed by atoms with Crippen LogP contribution in [0.3, 0.4) is 0 Å². The van der Waals surface area contributed by atoms with Crippen LogP contribution in [-0.4, -0.2) is 19.8 Å². The summed E-state index contributed by atoms with van der Waals surface area (Å²) in [6.45, 7) is 9.68. The molecule has 1 aromatic rings. The maximum absolute atomic E-state index is 5.19. The number of rotatable bonds is 5. The number of hydrogen-bond acceptors (Lipinski definition) is 2. The molecule has 0 saturated heterocycles. The molecule has 0 aliphatic heterocycles. The first-order valence-corrected chi connectivity index (χ1v) is 6.25. The van der Waals surface area contributed by atoms with E-state index in [9.17, 15) is 0 Å². The zero-order chi connectivity index (χ0) is 12.9. The van der Waals surface area contributed by atoms with E-state index in [0.29, 0.717) is 12.1 Å². The molecule has 0 radical (unpaired) electrons. The van der Waals surface area contributed by atoms with Crippen molar-refractivity contribution in [2.75, 3.05) is 13.7 Å². The van der Waals surface area contributed by atoms with E-state index in [1.54, 1.807) is 7.11 Å². The summed E-state index contributed by atoms with van der Waals surface area (Å²) >= 11 is 0. The lowest BCUT2D eigenvalue weighted by atomic mass is 9.82. The topological polar surface area (TPSA) is 21.3 Å². The minimum Gasteiger partial charge on any atom is -0.383 e. The fourth-order valence-electron chi connectivity index (χ4n) is 2.07. The third kappa shape index (κ3) is 4.49. The summed E-state index contributed by atoms with van der Waals surface area (Å²) in [6, 6.07) is 11.3. The van der Waals surface area contributed by atoms with Crippen LogP contribution in [-0.2, 0) is 4.74 Å². The summed E-state index contributed by atoms with van der Waals surface area (Å²) in [7, 11) is 1.74. The summed E-state index contributed by atoms with van der Waals surface area (Å²) in [4.78, 5) is 0. The van der Waals surface area contributed by atoms with Crippen LogP contribution in [0.1, 0.15) is 39.3 Å². The van der Waals surface area contributed by atoms with Crippen molar-refractivity contribution in [2.45, 2.75) is 39.8 Å². The monoisotopic (exact) mass is 235 g/mol. The van der Waals surface area contributed by atoms with Crippen molar-refractivity contribution in [3.05, 3.63) is 35.9 Å². The van der Waals surface area contributed by atoms with Gasteiger partial charge in [0.15, 0.2) is 0 Å². The Kier molecular flexibility index (Phi) is 5.16. The molecule has 2 atom stereocenters. The van der Waals surface area contributed by atoms with Crippen molar-refractivity contribution in [1.29, 1.82) is 0 Å². The number of ether oxygens (including phenoxy) is 1. The van der Waals surface area contributed by atoms with E-state index in [1.807, 2.05) is 0 Å². The highest BCUT2D eigenvalue weighted by atomic mass is 16.5. The van der Waals surface area contributed by atoms with Gasteiger partial charge in [-0.15, -0.1) is 0 Å². The van der Waals surface area contributed by atoms with Crippen molar-refractivity contribution in [2.24, 2.45) is 5.41 Å². The lowest BCUT2D eigenvalue weighted by molar-refractivity contribution is 0.150. The second-order valence-electron chi connectivity index (χ2n) is 5.73. The lowest BCUT2D eigenvalue weighted by Crippen LogP contribution is -2.40. The highest BCUT2D eigenvalue weighted by Gasteiger charge is 2.26. The summed E-state index contributed by atoms with van der Waals surface area (Å²) in [6.07, 6.45) is 0. The van der Waals surface area contributed by atoms with E-state index in [-0.39, 0.29) is 5.41 Å². The van der Waals surface area contributed by atoms with Gasteiger partial charge in [0.05, 0.1) is 6.61 Å². The molecule has 0 aliphatic rings. The molecular weight excluding hydrogens is 210 g/mol. The molecule has 0 aromatic heterocycles. The number of nitrogens with one attached hydrogen (secondary N) is 1. The van der Waals surface area contributed by atoms with Gasteiger partial charge in [0, 0.05) is 19.2 Å². The van der Waals surface area contributed by atoms with Gasteiger partial charge < -0.3 is 10.1 Å². The zero-order valence-electron chi connectivity index (χ0n) is 11.7. The summed E-state index contributed by atoms with van der Waals surface area (Å²) in [5.74, 6) is 0. The van der Waals surface area contributed by atoms with E-state index in [1.165, 1.54) is 5.56 Å². The molecule has 2 nitrogen and oxygen atoms in total. The predicted octanol–water partition coefficient (Wildman–Crippen LogP) is 3.40. The summed E-state index contributed by atoms with van der Waals surface area (Å²) in [5.41, 5.74) is 1.52. The van der Waals surface area contributed by atoms with E-state index < -0.39 is 0 Å². The zero-order valence-corrected chi connectivity index (χ0v) is 11.7. The van der Waals surface area contributed by atoms with Crippen LogP contribution in [0.2, 0.25) is 0 Å². The second kappa shape index (κ2) is 6.18. The fourth-order valence-corrected chi connectivity index (χ4v) is 2.07. The van der Waals surface area contributed by atoms with Crippen LogP contribution in [0, 0.1) is 5.41 Å². The molecule has 0 aliphatic carbocycles. The van der Waals surface area contributed by atoms with Gasteiger partial charge in [-0.3, -0.25) is 0 Å². The number of benzene rings is 1. The van der Waals surface area contributed by atoms with Crippen LogP contribution in [0.5, 0.6) is 0 Å². The first-order chi connectivity index (χ1) is 7.95. The second-order valence-corrected chi connectivity index (χ2v) is 5.73. The van der Waals surface area contributed by atoms with Crippen molar-refractivity contribution in [3.63, 3.8) is 0 Å². The van der Waals surface area contributed by atoms with Crippen molar-refractivity contribution >= 4 is 0 Å². The van der Waals surface area contributed by atoms with Gasteiger partial charge in [-0.1, -0.05) is 51.1 Å². The van der Waals surface area contributed by atoms with Gasteiger partial charge in [-0.05, 0) is 17.9 Å². The Balaban J connectivity index is 2.83. The van der Waals surface area contributed by atoms with Gasteiger partial charge in [-0.25, -0.2) is 0 Å². The minimum absolute atomic E-state index is 0.184. The molecule has 0 amide bonds. The third-order valence-corrected chi connectivity index (χ3v) is 2.87. The molecule has 2 unspecified atom stereocenters. The largest absolute Gasteiger partial charge is 0.383 e. The molecule has 1 N–H and O–H groups in total. The highest BCUT2D eigenvalue weighted by Crippen LogP contribution is 2.32. The van der Waals surface area contributed by atoms with Crippen molar-refractivity contribution in [3.8, 4) is 0 Å². The molecule has 96 valence electrons. The maximum Gasteiger partial charge on any atom is 0.0613 e. The Bertz CT molecular complexity index is 315. The number of methoxy groups -OCH3 is 1. The Hall–Kier alpha value is -0.860. The predicted molar refractivity (Wildman–Crippen MR) is 73.1 cm³/mol. The van der Waals surface area contributed by atoms with Crippen molar-refractivity contribution in [1.82, 2.24) is 5.32 Å². The van der Waals surface area contributed by atoms with Gasteiger partial charge in [0.2, 0.25) is 0 Å². The summed E-state index contributed by atoms with van der Waals surface area (Å²) in [5, 5.41) is 3.65. The van der Waals surface area contributed by atoms with Gasteiger partial charge in [-0.2, -0.15) is 0 Å². The van der Waals surface area contributed by atoms with Crippen LogP contribution in [0.25, 0.3) is 0 Å². The average Bonchev–Trinajstić information content (AvgIpc) is 2.26. The average molecular weight is 235 g/mol. The van der Waals surface area contributed by atoms with Crippen LogP contribution in [0.15, 0.2) is 30.3 Å².